The second kappa shape index (κ2) is 4.62. The number of ketones is 1. The van der Waals surface area contributed by atoms with E-state index in [-0.39, 0.29) is 21.8 Å². The van der Waals surface area contributed by atoms with E-state index in [9.17, 15) is 14.0 Å². The van der Waals surface area contributed by atoms with Gasteiger partial charge in [-0.25, -0.2) is 9.18 Å². The van der Waals surface area contributed by atoms with Gasteiger partial charge in [0, 0.05) is 11.8 Å². The molecule has 1 aromatic carbocycles. The molecule has 2 N–H and O–H groups in total. The summed E-state index contributed by atoms with van der Waals surface area (Å²) in [6, 6.07) is 5.21. The van der Waals surface area contributed by atoms with E-state index in [1.54, 1.807) is 0 Å². The third-order valence-corrected chi connectivity index (χ3v) is 2.66. The summed E-state index contributed by atoms with van der Waals surface area (Å²) in [6.07, 6.45) is 1.21. The SMILES string of the molecule is O=C(O)c1cc(C(=O)c2cccc(Cl)c2F)c[nH]1. The molecule has 6 heteroatoms. The number of halogens is 2. The Labute approximate surface area is 106 Å². The fourth-order valence-electron chi connectivity index (χ4n) is 1.48. The van der Waals surface area contributed by atoms with E-state index < -0.39 is 17.6 Å². The number of H-pyrrole nitrogens is 1. The number of carbonyl (C=O) groups is 2. The average molecular weight is 268 g/mol. The van der Waals surface area contributed by atoms with E-state index in [0.717, 1.165) is 6.07 Å². The Bertz CT molecular complexity index is 636. The molecule has 2 rings (SSSR count). The summed E-state index contributed by atoms with van der Waals surface area (Å²) in [5.41, 5.74) is -0.271. The molecule has 0 atom stereocenters. The first kappa shape index (κ1) is 12.3. The van der Waals surface area contributed by atoms with Crippen LogP contribution in [0.25, 0.3) is 0 Å². The third kappa shape index (κ3) is 2.12. The van der Waals surface area contributed by atoms with Gasteiger partial charge in [-0.2, -0.15) is 0 Å². The summed E-state index contributed by atoms with van der Waals surface area (Å²) in [4.78, 5) is 25.0. The first-order valence-corrected chi connectivity index (χ1v) is 5.29. The summed E-state index contributed by atoms with van der Waals surface area (Å²) in [5.74, 6) is -2.64. The highest BCUT2D eigenvalue weighted by molar-refractivity contribution is 6.31. The molecular weight excluding hydrogens is 261 g/mol. The zero-order chi connectivity index (χ0) is 13.3. The van der Waals surface area contributed by atoms with E-state index in [0.29, 0.717) is 0 Å². The van der Waals surface area contributed by atoms with Crippen molar-refractivity contribution >= 4 is 23.4 Å². The maximum atomic E-state index is 13.6. The number of aromatic amines is 1. The van der Waals surface area contributed by atoms with Crippen LogP contribution in [0.2, 0.25) is 5.02 Å². The monoisotopic (exact) mass is 267 g/mol. The van der Waals surface area contributed by atoms with E-state index in [1.165, 1.54) is 24.4 Å². The standard InChI is InChI=1S/C12H7ClFNO3/c13-8-3-1-2-7(10(8)14)11(16)6-4-9(12(17)18)15-5-6/h1-5,15H,(H,17,18). The molecule has 0 spiro atoms. The molecule has 1 aromatic heterocycles. The quantitative estimate of drug-likeness (QED) is 0.840. The Hall–Kier alpha value is -2.14. The number of carboxylic acid groups (broad SMARTS) is 1. The van der Waals surface area contributed by atoms with Crippen LogP contribution < -0.4 is 0 Å². The second-order valence-corrected chi connectivity index (χ2v) is 3.94. The lowest BCUT2D eigenvalue weighted by atomic mass is 10.1. The van der Waals surface area contributed by atoms with Crippen molar-refractivity contribution in [3.05, 3.63) is 58.1 Å². The van der Waals surface area contributed by atoms with Crippen molar-refractivity contribution in [3.63, 3.8) is 0 Å². The summed E-state index contributed by atoms with van der Waals surface area (Å²) >= 11 is 5.57. The zero-order valence-electron chi connectivity index (χ0n) is 8.91. The molecule has 0 amide bonds. The highest BCUT2D eigenvalue weighted by Crippen LogP contribution is 2.20. The number of carboxylic acids is 1. The lowest BCUT2D eigenvalue weighted by Gasteiger charge is -2.01. The number of hydrogen-bond acceptors (Lipinski definition) is 2. The Balaban J connectivity index is 2.41. The number of aromatic carboxylic acids is 1. The van der Waals surface area contributed by atoms with Crippen molar-refractivity contribution in [2.45, 2.75) is 0 Å². The van der Waals surface area contributed by atoms with Gasteiger partial charge in [0.25, 0.3) is 0 Å². The van der Waals surface area contributed by atoms with Crippen LogP contribution in [0.1, 0.15) is 26.4 Å². The van der Waals surface area contributed by atoms with Crippen LogP contribution in [0.15, 0.2) is 30.5 Å². The Morgan fingerprint density at radius 3 is 2.67 bits per heavy atom. The number of nitrogens with one attached hydrogen (secondary N) is 1. The predicted octanol–water partition coefficient (Wildman–Crippen LogP) is 2.74. The van der Waals surface area contributed by atoms with Crippen molar-refractivity contribution in [1.82, 2.24) is 4.98 Å². The topological polar surface area (TPSA) is 70.2 Å². The van der Waals surface area contributed by atoms with Gasteiger partial charge in [0.2, 0.25) is 0 Å². The van der Waals surface area contributed by atoms with E-state index in [4.69, 9.17) is 16.7 Å². The lowest BCUT2D eigenvalue weighted by molar-refractivity contribution is 0.0691. The predicted molar refractivity (Wildman–Crippen MR) is 62.6 cm³/mol. The number of aromatic nitrogens is 1. The molecule has 0 unspecified atom stereocenters. The van der Waals surface area contributed by atoms with Crippen molar-refractivity contribution in [2.75, 3.05) is 0 Å². The normalized spacial score (nSPS) is 10.3. The van der Waals surface area contributed by atoms with Crippen molar-refractivity contribution < 1.29 is 19.1 Å². The van der Waals surface area contributed by atoms with Gasteiger partial charge in [0.1, 0.15) is 5.69 Å². The molecule has 0 fully saturated rings. The molecule has 0 aliphatic heterocycles. The summed E-state index contributed by atoms with van der Waals surface area (Å²) in [7, 11) is 0. The molecule has 18 heavy (non-hydrogen) atoms. The van der Waals surface area contributed by atoms with E-state index in [1.807, 2.05) is 0 Å². The Morgan fingerprint density at radius 1 is 1.33 bits per heavy atom. The van der Waals surface area contributed by atoms with Crippen LogP contribution in [0.4, 0.5) is 4.39 Å². The van der Waals surface area contributed by atoms with Crippen LogP contribution in [0.3, 0.4) is 0 Å². The van der Waals surface area contributed by atoms with Gasteiger partial charge in [-0.1, -0.05) is 17.7 Å². The van der Waals surface area contributed by atoms with Crippen LogP contribution in [-0.2, 0) is 0 Å². The molecule has 1 heterocycles. The van der Waals surface area contributed by atoms with Crippen molar-refractivity contribution in [2.24, 2.45) is 0 Å². The van der Waals surface area contributed by atoms with Crippen molar-refractivity contribution in [3.8, 4) is 0 Å². The number of hydrogen-bond donors (Lipinski definition) is 2. The molecule has 2 aromatic rings. The average Bonchev–Trinajstić information content (AvgIpc) is 2.81. The molecule has 0 aliphatic carbocycles. The molecular formula is C12H7ClFNO3. The fraction of sp³-hybridized carbons (Fsp3) is 0. The second-order valence-electron chi connectivity index (χ2n) is 3.54. The smallest absolute Gasteiger partial charge is 0.352 e. The van der Waals surface area contributed by atoms with E-state index >= 15 is 0 Å². The molecule has 0 saturated carbocycles. The Kier molecular flexibility index (Phi) is 3.16. The number of benzene rings is 1. The molecule has 0 radical (unpaired) electrons. The Morgan fingerprint density at radius 2 is 2.06 bits per heavy atom. The first-order chi connectivity index (χ1) is 8.50. The largest absolute Gasteiger partial charge is 0.477 e. The maximum Gasteiger partial charge on any atom is 0.352 e. The molecule has 0 bridgehead atoms. The van der Waals surface area contributed by atoms with Gasteiger partial charge in [-0.05, 0) is 18.2 Å². The molecule has 0 aliphatic rings. The van der Waals surface area contributed by atoms with Crippen LogP contribution in [0.5, 0.6) is 0 Å². The number of rotatable bonds is 3. The van der Waals surface area contributed by atoms with Crippen LogP contribution >= 0.6 is 11.6 Å². The lowest BCUT2D eigenvalue weighted by Crippen LogP contribution is -2.03. The van der Waals surface area contributed by atoms with Gasteiger partial charge in [0.05, 0.1) is 10.6 Å². The zero-order valence-corrected chi connectivity index (χ0v) is 9.66. The summed E-state index contributed by atoms with van der Waals surface area (Å²) < 4.78 is 13.6. The van der Waals surface area contributed by atoms with Crippen LogP contribution in [0, 0.1) is 5.82 Å². The van der Waals surface area contributed by atoms with Crippen LogP contribution in [-0.4, -0.2) is 21.8 Å². The number of carbonyl (C=O) groups excluding carboxylic acids is 1. The van der Waals surface area contributed by atoms with Gasteiger partial charge in [0.15, 0.2) is 11.6 Å². The van der Waals surface area contributed by atoms with Gasteiger partial charge < -0.3 is 10.1 Å². The molecule has 4 nitrogen and oxygen atoms in total. The minimum Gasteiger partial charge on any atom is -0.477 e. The van der Waals surface area contributed by atoms with Crippen molar-refractivity contribution in [1.29, 1.82) is 0 Å². The third-order valence-electron chi connectivity index (χ3n) is 2.37. The summed E-state index contributed by atoms with van der Waals surface area (Å²) in [5, 5.41) is 8.55. The summed E-state index contributed by atoms with van der Waals surface area (Å²) in [6.45, 7) is 0. The fourth-order valence-corrected chi connectivity index (χ4v) is 1.66. The first-order valence-electron chi connectivity index (χ1n) is 4.91. The molecule has 92 valence electrons. The minimum absolute atomic E-state index is 0.0635. The van der Waals surface area contributed by atoms with E-state index in [2.05, 4.69) is 4.98 Å². The van der Waals surface area contributed by atoms with Gasteiger partial charge in [-0.15, -0.1) is 0 Å². The van der Waals surface area contributed by atoms with Gasteiger partial charge in [-0.3, -0.25) is 4.79 Å². The minimum atomic E-state index is -1.19. The van der Waals surface area contributed by atoms with Gasteiger partial charge >= 0.3 is 5.97 Å². The molecule has 0 saturated heterocycles. The highest BCUT2D eigenvalue weighted by Gasteiger charge is 2.18. The maximum absolute atomic E-state index is 13.6. The highest BCUT2D eigenvalue weighted by atomic mass is 35.5.